The van der Waals surface area contributed by atoms with Crippen molar-refractivity contribution in [2.75, 3.05) is 0 Å². The second kappa shape index (κ2) is 5.18. The van der Waals surface area contributed by atoms with Gasteiger partial charge < -0.3 is 10.5 Å². The van der Waals surface area contributed by atoms with Crippen LogP contribution in [0.2, 0.25) is 0 Å². The van der Waals surface area contributed by atoms with Crippen molar-refractivity contribution in [2.24, 2.45) is 12.8 Å². The number of rotatable bonds is 4. The molecule has 4 nitrogen and oxygen atoms in total. The van der Waals surface area contributed by atoms with Crippen LogP contribution in [0, 0.1) is 5.82 Å². The molecule has 0 aliphatic rings. The molecule has 0 spiro atoms. The van der Waals surface area contributed by atoms with Crippen molar-refractivity contribution in [3.05, 3.63) is 48.0 Å². The first kappa shape index (κ1) is 12.6. The van der Waals surface area contributed by atoms with Crippen LogP contribution in [0.3, 0.4) is 0 Å². The Labute approximate surface area is 105 Å². The van der Waals surface area contributed by atoms with Gasteiger partial charge in [0.1, 0.15) is 6.10 Å². The van der Waals surface area contributed by atoms with Gasteiger partial charge in [0, 0.05) is 24.8 Å². The van der Waals surface area contributed by atoms with Crippen LogP contribution >= 0.6 is 0 Å². The van der Waals surface area contributed by atoms with Gasteiger partial charge in [-0.05, 0) is 19.1 Å². The SMILES string of the molecule is CC(N)C(Oc1ccccc1F)c1cnn(C)c1. The molecule has 5 heteroatoms. The molecule has 0 bridgehead atoms. The molecule has 0 aliphatic carbocycles. The van der Waals surface area contributed by atoms with Crippen molar-refractivity contribution in [3.63, 3.8) is 0 Å². The van der Waals surface area contributed by atoms with E-state index >= 15 is 0 Å². The molecular weight excluding hydrogens is 233 g/mol. The summed E-state index contributed by atoms with van der Waals surface area (Å²) < 4.78 is 20.9. The van der Waals surface area contributed by atoms with Crippen LogP contribution in [0.25, 0.3) is 0 Å². The molecule has 1 heterocycles. The largest absolute Gasteiger partial charge is 0.481 e. The summed E-state index contributed by atoms with van der Waals surface area (Å²) in [5, 5.41) is 4.07. The third kappa shape index (κ3) is 2.68. The Bertz CT molecular complexity index is 524. The van der Waals surface area contributed by atoms with Gasteiger partial charge in [0.05, 0.1) is 6.20 Å². The Morgan fingerprint density at radius 3 is 2.67 bits per heavy atom. The van der Waals surface area contributed by atoms with E-state index in [0.29, 0.717) is 0 Å². The summed E-state index contributed by atoms with van der Waals surface area (Å²) in [4.78, 5) is 0. The lowest BCUT2D eigenvalue weighted by molar-refractivity contribution is 0.172. The average molecular weight is 249 g/mol. The first-order chi connectivity index (χ1) is 8.58. The first-order valence-corrected chi connectivity index (χ1v) is 5.73. The van der Waals surface area contributed by atoms with E-state index in [9.17, 15) is 4.39 Å². The fourth-order valence-corrected chi connectivity index (χ4v) is 1.74. The van der Waals surface area contributed by atoms with Gasteiger partial charge in [0.25, 0.3) is 0 Å². The number of hydrogen-bond donors (Lipinski definition) is 1. The van der Waals surface area contributed by atoms with Crippen LogP contribution in [0.4, 0.5) is 4.39 Å². The smallest absolute Gasteiger partial charge is 0.165 e. The van der Waals surface area contributed by atoms with Crippen molar-refractivity contribution in [2.45, 2.75) is 19.1 Å². The number of benzene rings is 1. The minimum absolute atomic E-state index is 0.198. The quantitative estimate of drug-likeness (QED) is 0.902. The Kier molecular flexibility index (Phi) is 3.62. The molecule has 0 saturated carbocycles. The van der Waals surface area contributed by atoms with Gasteiger partial charge in [-0.15, -0.1) is 0 Å². The molecule has 2 rings (SSSR count). The number of halogens is 1. The van der Waals surface area contributed by atoms with Gasteiger partial charge in [-0.3, -0.25) is 4.68 Å². The van der Waals surface area contributed by atoms with Gasteiger partial charge in [-0.25, -0.2) is 4.39 Å². The topological polar surface area (TPSA) is 53.1 Å². The van der Waals surface area contributed by atoms with E-state index < -0.39 is 11.9 Å². The zero-order valence-corrected chi connectivity index (χ0v) is 10.4. The van der Waals surface area contributed by atoms with Crippen molar-refractivity contribution in [3.8, 4) is 5.75 Å². The third-order valence-electron chi connectivity index (χ3n) is 2.62. The van der Waals surface area contributed by atoms with E-state index in [1.165, 1.54) is 6.07 Å². The number of para-hydroxylation sites is 1. The number of nitrogens with two attached hydrogens (primary N) is 1. The monoisotopic (exact) mass is 249 g/mol. The number of nitrogens with zero attached hydrogens (tertiary/aromatic N) is 2. The van der Waals surface area contributed by atoms with Crippen LogP contribution in [-0.2, 0) is 7.05 Å². The fourth-order valence-electron chi connectivity index (χ4n) is 1.74. The van der Waals surface area contributed by atoms with Crippen LogP contribution in [-0.4, -0.2) is 15.8 Å². The van der Waals surface area contributed by atoms with E-state index in [1.54, 1.807) is 29.1 Å². The Morgan fingerprint density at radius 2 is 2.11 bits per heavy atom. The minimum atomic E-state index is -0.421. The maximum atomic E-state index is 13.5. The van der Waals surface area contributed by atoms with Crippen molar-refractivity contribution < 1.29 is 9.13 Å². The molecule has 0 amide bonds. The molecule has 0 fully saturated rings. The lowest BCUT2D eigenvalue weighted by Crippen LogP contribution is -2.29. The maximum absolute atomic E-state index is 13.5. The normalized spacial score (nSPS) is 14.2. The molecule has 0 saturated heterocycles. The molecule has 1 aromatic heterocycles. The zero-order chi connectivity index (χ0) is 13.1. The van der Waals surface area contributed by atoms with Gasteiger partial charge in [-0.2, -0.15) is 5.10 Å². The molecule has 2 aromatic rings. The van der Waals surface area contributed by atoms with Crippen LogP contribution in [0.15, 0.2) is 36.7 Å². The summed E-state index contributed by atoms with van der Waals surface area (Å²) in [7, 11) is 1.81. The van der Waals surface area contributed by atoms with Crippen molar-refractivity contribution in [1.82, 2.24) is 9.78 Å². The highest BCUT2D eigenvalue weighted by Crippen LogP contribution is 2.25. The molecule has 18 heavy (non-hydrogen) atoms. The van der Waals surface area contributed by atoms with Gasteiger partial charge in [-0.1, -0.05) is 12.1 Å². The van der Waals surface area contributed by atoms with Gasteiger partial charge in [0.2, 0.25) is 0 Å². The van der Waals surface area contributed by atoms with Crippen molar-refractivity contribution in [1.29, 1.82) is 0 Å². The fraction of sp³-hybridized carbons (Fsp3) is 0.308. The van der Waals surface area contributed by atoms with Crippen LogP contribution in [0.1, 0.15) is 18.6 Å². The standard InChI is InChI=1S/C13H16FN3O/c1-9(15)13(10-7-16-17(2)8-10)18-12-6-4-3-5-11(12)14/h3-9,13H,15H2,1-2H3. The second-order valence-corrected chi connectivity index (χ2v) is 4.28. The molecule has 2 N–H and O–H groups in total. The predicted molar refractivity (Wildman–Crippen MR) is 66.6 cm³/mol. The lowest BCUT2D eigenvalue weighted by Gasteiger charge is -2.21. The van der Waals surface area contributed by atoms with Gasteiger partial charge >= 0.3 is 0 Å². The van der Waals surface area contributed by atoms with Gasteiger partial charge in [0.15, 0.2) is 11.6 Å². The zero-order valence-electron chi connectivity index (χ0n) is 10.4. The highest BCUT2D eigenvalue weighted by molar-refractivity contribution is 5.25. The summed E-state index contributed by atoms with van der Waals surface area (Å²) in [5.41, 5.74) is 6.72. The molecular formula is C13H16FN3O. The Balaban J connectivity index is 2.25. The number of aromatic nitrogens is 2. The predicted octanol–water partition coefficient (Wildman–Crippen LogP) is 2.03. The molecule has 96 valence electrons. The minimum Gasteiger partial charge on any atom is -0.481 e. The van der Waals surface area contributed by atoms with Crippen molar-refractivity contribution >= 4 is 0 Å². The average Bonchev–Trinajstić information content (AvgIpc) is 2.74. The summed E-state index contributed by atoms with van der Waals surface area (Å²) >= 11 is 0. The van der Waals surface area contributed by atoms with E-state index in [2.05, 4.69) is 5.10 Å². The number of ether oxygens (including phenoxy) is 1. The summed E-state index contributed by atoms with van der Waals surface area (Å²) in [6.07, 6.45) is 3.07. The summed E-state index contributed by atoms with van der Waals surface area (Å²) in [5.74, 6) is -0.198. The van der Waals surface area contributed by atoms with E-state index in [-0.39, 0.29) is 11.8 Å². The molecule has 2 unspecified atom stereocenters. The highest BCUT2D eigenvalue weighted by atomic mass is 19.1. The summed E-state index contributed by atoms with van der Waals surface area (Å²) in [6, 6.07) is 6.01. The second-order valence-electron chi connectivity index (χ2n) is 4.28. The summed E-state index contributed by atoms with van der Waals surface area (Å²) in [6.45, 7) is 1.82. The lowest BCUT2D eigenvalue weighted by atomic mass is 10.1. The first-order valence-electron chi connectivity index (χ1n) is 5.73. The Morgan fingerprint density at radius 1 is 1.39 bits per heavy atom. The highest BCUT2D eigenvalue weighted by Gasteiger charge is 2.21. The number of hydrogen-bond acceptors (Lipinski definition) is 3. The van der Waals surface area contributed by atoms with Crippen LogP contribution in [0.5, 0.6) is 5.75 Å². The molecule has 0 aliphatic heterocycles. The Hall–Kier alpha value is -1.88. The maximum Gasteiger partial charge on any atom is 0.165 e. The van der Waals surface area contributed by atoms with E-state index in [4.69, 9.17) is 10.5 Å². The molecule has 2 atom stereocenters. The number of aryl methyl sites for hydroxylation is 1. The molecule has 0 radical (unpaired) electrons. The third-order valence-corrected chi connectivity index (χ3v) is 2.62. The van der Waals surface area contributed by atoms with E-state index in [0.717, 1.165) is 5.56 Å². The molecule has 1 aromatic carbocycles. The van der Waals surface area contributed by atoms with E-state index in [1.807, 2.05) is 20.2 Å². The van der Waals surface area contributed by atoms with Crippen LogP contribution < -0.4 is 10.5 Å².